The molecule has 0 aliphatic heterocycles. The first kappa shape index (κ1) is 26.0. The molecule has 6 aromatic rings. The van der Waals surface area contributed by atoms with Gasteiger partial charge in [0.25, 0.3) is 11.4 Å². The fourth-order valence-corrected chi connectivity index (χ4v) is 4.62. The van der Waals surface area contributed by atoms with Crippen LogP contribution in [-0.2, 0) is 18.3 Å². The predicted octanol–water partition coefficient (Wildman–Crippen LogP) is 5.22. The third kappa shape index (κ3) is 5.20. The van der Waals surface area contributed by atoms with Gasteiger partial charge in [0.05, 0.1) is 29.7 Å². The zero-order valence-electron chi connectivity index (χ0n) is 22.2. The average molecular weight is 566 g/mol. The number of halogens is 1. The normalized spacial score (nSPS) is 11.1. The Morgan fingerprint density at radius 3 is 2.37 bits per heavy atom. The average Bonchev–Trinajstić information content (AvgIpc) is 3.71. The second-order valence-corrected chi connectivity index (χ2v) is 9.84. The lowest BCUT2D eigenvalue weighted by atomic mass is 10.1. The van der Waals surface area contributed by atoms with Crippen molar-refractivity contribution in [3.8, 4) is 34.0 Å². The minimum atomic E-state index is -0.422. The minimum absolute atomic E-state index is 0.151. The van der Waals surface area contributed by atoms with E-state index in [9.17, 15) is 9.59 Å². The predicted molar refractivity (Wildman–Crippen MR) is 155 cm³/mol. The highest BCUT2D eigenvalue weighted by Gasteiger charge is 2.20. The molecule has 0 bridgehead atoms. The van der Waals surface area contributed by atoms with Crippen molar-refractivity contribution < 1.29 is 9.32 Å². The van der Waals surface area contributed by atoms with Gasteiger partial charge in [0.15, 0.2) is 5.82 Å². The van der Waals surface area contributed by atoms with E-state index in [-0.39, 0.29) is 29.4 Å². The molecule has 11 heteroatoms. The summed E-state index contributed by atoms with van der Waals surface area (Å²) in [6.45, 7) is 1.77. The Hall–Kier alpha value is -5.22. The molecule has 0 aliphatic carbocycles. The summed E-state index contributed by atoms with van der Waals surface area (Å²) >= 11 is 5.99. The van der Waals surface area contributed by atoms with E-state index in [4.69, 9.17) is 16.1 Å². The Morgan fingerprint density at radius 2 is 1.63 bits per heavy atom. The van der Waals surface area contributed by atoms with Crippen molar-refractivity contribution >= 4 is 23.2 Å². The van der Waals surface area contributed by atoms with Crippen LogP contribution in [0.2, 0.25) is 5.02 Å². The lowest BCUT2D eigenvalue weighted by Crippen LogP contribution is -2.23. The van der Waals surface area contributed by atoms with Crippen molar-refractivity contribution in [1.82, 2.24) is 29.3 Å². The van der Waals surface area contributed by atoms with Gasteiger partial charge in [-0.15, -0.1) is 0 Å². The minimum Gasteiger partial charge on any atom is -0.334 e. The molecule has 3 aromatic heterocycles. The summed E-state index contributed by atoms with van der Waals surface area (Å²) in [4.78, 5) is 30.2. The molecule has 3 aromatic carbocycles. The van der Waals surface area contributed by atoms with Gasteiger partial charge in [-0.3, -0.25) is 14.3 Å². The molecular weight excluding hydrogens is 542 g/mol. The Morgan fingerprint density at radius 1 is 0.927 bits per heavy atom. The van der Waals surface area contributed by atoms with Gasteiger partial charge in [-0.2, -0.15) is 10.1 Å². The number of hydrogen-bond donors (Lipinski definition) is 1. The Bertz CT molecular complexity index is 1900. The number of rotatable bonds is 7. The third-order valence-electron chi connectivity index (χ3n) is 6.74. The number of anilines is 1. The number of nitrogens with zero attached hydrogens (tertiary/aromatic N) is 6. The van der Waals surface area contributed by atoms with E-state index >= 15 is 0 Å². The quantitative estimate of drug-likeness (QED) is 0.284. The van der Waals surface area contributed by atoms with Crippen molar-refractivity contribution in [3.63, 3.8) is 0 Å². The van der Waals surface area contributed by atoms with Crippen molar-refractivity contribution in [1.29, 1.82) is 0 Å². The Balaban J connectivity index is 1.14. The van der Waals surface area contributed by atoms with Gasteiger partial charge in [-0.25, -0.2) is 9.36 Å². The van der Waals surface area contributed by atoms with Crippen LogP contribution in [-0.4, -0.2) is 35.2 Å². The van der Waals surface area contributed by atoms with E-state index in [0.29, 0.717) is 22.0 Å². The van der Waals surface area contributed by atoms with Crippen LogP contribution in [0.25, 0.3) is 34.0 Å². The largest absolute Gasteiger partial charge is 0.334 e. The molecule has 0 atom stereocenters. The molecular formula is C30H24ClN7O3. The maximum atomic E-state index is 13.1. The first-order chi connectivity index (χ1) is 19.9. The van der Waals surface area contributed by atoms with Gasteiger partial charge < -0.3 is 9.84 Å². The van der Waals surface area contributed by atoms with Gasteiger partial charge in [-0.1, -0.05) is 47.1 Å². The summed E-state index contributed by atoms with van der Waals surface area (Å²) in [5.41, 5.74) is 4.74. The van der Waals surface area contributed by atoms with Crippen LogP contribution in [0.4, 0.5) is 5.69 Å². The molecule has 1 N–H and O–H groups in total. The van der Waals surface area contributed by atoms with Gasteiger partial charge in [0.1, 0.15) is 5.69 Å². The topological polar surface area (TPSA) is 113 Å². The van der Waals surface area contributed by atoms with E-state index in [1.54, 1.807) is 29.5 Å². The van der Waals surface area contributed by atoms with Crippen molar-refractivity contribution in [2.24, 2.45) is 7.05 Å². The molecule has 0 fully saturated rings. The summed E-state index contributed by atoms with van der Waals surface area (Å²) in [7, 11) is 1.76. The molecule has 0 saturated heterocycles. The zero-order chi connectivity index (χ0) is 28.5. The first-order valence-electron chi connectivity index (χ1n) is 12.8. The molecule has 1 amide bonds. The highest BCUT2D eigenvalue weighted by atomic mass is 35.5. The van der Waals surface area contributed by atoms with Crippen molar-refractivity contribution in [2.45, 2.75) is 13.3 Å². The van der Waals surface area contributed by atoms with Crippen LogP contribution in [0.5, 0.6) is 0 Å². The summed E-state index contributed by atoms with van der Waals surface area (Å²) in [5.74, 6) is 0.0658. The molecule has 0 radical (unpaired) electrons. The molecule has 6 rings (SSSR count). The number of carbonyl (C=O) groups excluding carboxylic acids is 1. The van der Waals surface area contributed by atoms with Crippen LogP contribution in [0.3, 0.4) is 0 Å². The lowest BCUT2D eigenvalue weighted by molar-refractivity contribution is -0.115. The number of aromatic nitrogens is 6. The fourth-order valence-electron chi connectivity index (χ4n) is 4.49. The highest BCUT2D eigenvalue weighted by molar-refractivity contribution is 6.30. The molecule has 41 heavy (non-hydrogen) atoms. The monoisotopic (exact) mass is 565 g/mol. The van der Waals surface area contributed by atoms with Crippen molar-refractivity contribution in [3.05, 3.63) is 118 Å². The summed E-state index contributed by atoms with van der Waals surface area (Å²) in [6, 6.07) is 24.3. The molecule has 0 saturated carbocycles. The molecule has 0 aliphatic rings. The van der Waals surface area contributed by atoms with E-state index in [1.807, 2.05) is 85.1 Å². The zero-order valence-corrected chi connectivity index (χ0v) is 22.9. The Kier molecular flexibility index (Phi) is 6.82. The van der Waals surface area contributed by atoms with E-state index in [2.05, 4.69) is 20.6 Å². The van der Waals surface area contributed by atoms with Crippen LogP contribution in [0.15, 0.2) is 101 Å². The second-order valence-electron chi connectivity index (χ2n) is 9.40. The second kappa shape index (κ2) is 10.7. The third-order valence-corrected chi connectivity index (χ3v) is 7.00. The standard InChI is InChI=1S/C30H24ClN7O3/c1-19-28(30(40)38(36(19)2)25-6-4-3-5-7-25)34-27(39)16-26-33-29(41-35-26)21-10-14-24(15-11-21)37-18-22(17-32-37)20-8-12-23(31)13-9-20/h3-15,17-18H,16H2,1-2H3,(H,34,39). The SMILES string of the molecule is Cc1c(NC(=O)Cc2noc(-c3ccc(-n4cc(-c5ccc(Cl)cc5)cn4)cc3)n2)c(=O)n(-c2ccccc2)n1C. The van der Waals surface area contributed by atoms with Crippen LogP contribution < -0.4 is 10.9 Å². The van der Waals surface area contributed by atoms with Gasteiger partial charge in [0.2, 0.25) is 5.91 Å². The van der Waals surface area contributed by atoms with Gasteiger partial charge in [0, 0.05) is 29.4 Å². The van der Waals surface area contributed by atoms with Crippen molar-refractivity contribution in [2.75, 3.05) is 5.32 Å². The smallest absolute Gasteiger partial charge is 0.295 e. The number of hydrogen-bond acceptors (Lipinski definition) is 6. The maximum Gasteiger partial charge on any atom is 0.295 e. The summed E-state index contributed by atoms with van der Waals surface area (Å²) < 4.78 is 10.4. The number of nitrogens with one attached hydrogen (secondary N) is 1. The maximum absolute atomic E-state index is 13.1. The van der Waals surface area contributed by atoms with E-state index in [0.717, 1.165) is 16.8 Å². The number of benzene rings is 3. The van der Waals surface area contributed by atoms with Gasteiger partial charge >= 0.3 is 0 Å². The summed E-state index contributed by atoms with van der Waals surface area (Å²) in [5, 5.41) is 11.8. The van der Waals surface area contributed by atoms with E-state index in [1.165, 1.54) is 4.68 Å². The molecule has 0 spiro atoms. The number of carbonyl (C=O) groups is 1. The highest BCUT2D eigenvalue weighted by Crippen LogP contribution is 2.24. The van der Waals surface area contributed by atoms with Crippen LogP contribution in [0, 0.1) is 6.92 Å². The van der Waals surface area contributed by atoms with Gasteiger partial charge in [-0.05, 0) is 61.0 Å². The molecule has 10 nitrogen and oxygen atoms in total. The first-order valence-corrected chi connectivity index (χ1v) is 13.1. The Labute approximate surface area is 239 Å². The molecule has 0 unspecified atom stereocenters. The molecule has 3 heterocycles. The van der Waals surface area contributed by atoms with Crippen LogP contribution >= 0.6 is 11.6 Å². The fraction of sp³-hybridized carbons (Fsp3) is 0.100. The molecule has 204 valence electrons. The van der Waals surface area contributed by atoms with E-state index < -0.39 is 5.91 Å². The lowest BCUT2D eigenvalue weighted by Gasteiger charge is -2.07. The number of amides is 1. The summed E-state index contributed by atoms with van der Waals surface area (Å²) in [6.07, 6.45) is 3.58. The van der Waals surface area contributed by atoms with Crippen LogP contribution in [0.1, 0.15) is 11.5 Å². The number of para-hydroxylation sites is 1.